The maximum Gasteiger partial charge on any atom is 0.351 e. The first-order valence-corrected chi connectivity index (χ1v) is 8.29. The largest absolute Gasteiger partial charge is 0.366 e. The van der Waals surface area contributed by atoms with Gasteiger partial charge in [-0.3, -0.25) is 4.57 Å². The summed E-state index contributed by atoms with van der Waals surface area (Å²) in [4.78, 5) is 18.4. The minimum atomic E-state index is -1.23. The number of anilines is 2. The summed E-state index contributed by atoms with van der Waals surface area (Å²) in [6.07, 6.45) is 3.28. The molecule has 25 heavy (non-hydrogen) atoms. The number of rotatable bonds is 3. The number of hydrogen-bond donors (Lipinski definition) is 1. The Morgan fingerprint density at radius 3 is 2.76 bits per heavy atom. The van der Waals surface area contributed by atoms with Crippen LogP contribution in [0.3, 0.4) is 0 Å². The van der Waals surface area contributed by atoms with Crippen LogP contribution >= 0.6 is 0 Å². The summed E-state index contributed by atoms with van der Waals surface area (Å²) in [6.45, 7) is 1.44. The van der Waals surface area contributed by atoms with Gasteiger partial charge >= 0.3 is 5.69 Å². The zero-order chi connectivity index (χ0) is 17.6. The molecule has 1 fully saturated rings. The third-order valence-electron chi connectivity index (χ3n) is 4.85. The molecular weight excluding hydrogens is 333 g/mol. The van der Waals surface area contributed by atoms with Crippen molar-refractivity contribution < 1.29 is 13.2 Å². The van der Waals surface area contributed by atoms with Gasteiger partial charge in [-0.15, -0.1) is 0 Å². The van der Waals surface area contributed by atoms with E-state index < -0.39 is 17.5 Å². The lowest BCUT2D eigenvalue weighted by atomic mass is 10.0. The van der Waals surface area contributed by atoms with Crippen LogP contribution in [-0.2, 0) is 13.1 Å². The van der Waals surface area contributed by atoms with Gasteiger partial charge in [-0.25, -0.2) is 18.0 Å². The third kappa shape index (κ3) is 2.85. The minimum Gasteiger partial charge on any atom is -0.366 e. The first-order valence-electron chi connectivity index (χ1n) is 8.29. The number of fused-ring (bicyclic) bond motifs is 3. The first-order chi connectivity index (χ1) is 12.0. The van der Waals surface area contributed by atoms with Crippen molar-refractivity contribution in [3.05, 3.63) is 51.7 Å². The molecule has 0 radical (unpaired) electrons. The number of nitrogens with one attached hydrogen (secondary N) is 1. The van der Waals surface area contributed by atoms with Gasteiger partial charge < -0.3 is 10.2 Å². The second kappa shape index (κ2) is 6.09. The normalized spacial score (nSPS) is 18.8. The quantitative estimate of drug-likeness (QED) is 0.865. The maximum atomic E-state index is 13.7. The number of aromatic nitrogens is 2. The molecule has 0 unspecified atom stereocenters. The zero-order valence-electron chi connectivity index (χ0n) is 13.4. The van der Waals surface area contributed by atoms with Crippen LogP contribution in [0.4, 0.5) is 24.8 Å². The van der Waals surface area contributed by atoms with Crippen molar-refractivity contribution >= 4 is 11.6 Å². The van der Waals surface area contributed by atoms with E-state index in [-0.39, 0.29) is 17.8 Å². The predicted molar refractivity (Wildman–Crippen MR) is 87.1 cm³/mol. The average molecular weight is 350 g/mol. The molecule has 8 heteroatoms. The Labute approximate surface area is 142 Å². The second-order valence-corrected chi connectivity index (χ2v) is 6.45. The molecule has 132 valence electrons. The molecule has 0 saturated carbocycles. The summed E-state index contributed by atoms with van der Waals surface area (Å²) in [5.41, 5.74) is -0.391. The van der Waals surface area contributed by atoms with E-state index in [9.17, 15) is 18.0 Å². The van der Waals surface area contributed by atoms with Crippen LogP contribution in [-0.4, -0.2) is 22.1 Å². The van der Waals surface area contributed by atoms with Crippen molar-refractivity contribution in [1.29, 1.82) is 0 Å². The van der Waals surface area contributed by atoms with Crippen molar-refractivity contribution in [2.24, 2.45) is 0 Å². The highest BCUT2D eigenvalue weighted by Crippen LogP contribution is 2.31. The highest BCUT2D eigenvalue weighted by atomic mass is 19.2. The first kappa shape index (κ1) is 16.0. The zero-order valence-corrected chi connectivity index (χ0v) is 13.4. The molecule has 5 nitrogen and oxygen atoms in total. The average Bonchev–Trinajstić information content (AvgIpc) is 2.96. The second-order valence-electron chi connectivity index (χ2n) is 6.45. The fourth-order valence-electron chi connectivity index (χ4n) is 3.58. The fraction of sp³-hybridized carbons (Fsp3) is 0.412. The van der Waals surface area contributed by atoms with Gasteiger partial charge in [0.15, 0.2) is 11.6 Å². The van der Waals surface area contributed by atoms with Crippen LogP contribution in [0.15, 0.2) is 23.0 Å². The molecule has 2 aliphatic rings. The lowest BCUT2D eigenvalue weighted by molar-refractivity contribution is 0.458. The molecule has 1 aromatic heterocycles. The van der Waals surface area contributed by atoms with Crippen molar-refractivity contribution in [3.63, 3.8) is 0 Å². The van der Waals surface area contributed by atoms with Gasteiger partial charge in [0.2, 0.25) is 0 Å². The number of benzene rings is 1. The highest BCUT2D eigenvalue weighted by Gasteiger charge is 2.32. The number of piperidine rings is 1. The number of nitrogens with zero attached hydrogens (tertiary/aromatic N) is 3. The van der Waals surface area contributed by atoms with Crippen LogP contribution in [0.5, 0.6) is 0 Å². The van der Waals surface area contributed by atoms with E-state index >= 15 is 0 Å². The molecule has 0 amide bonds. The van der Waals surface area contributed by atoms with Crippen molar-refractivity contribution in [1.82, 2.24) is 9.55 Å². The monoisotopic (exact) mass is 350 g/mol. The number of hydrogen-bond acceptors (Lipinski definition) is 4. The molecular formula is C17H17F3N4O. The van der Waals surface area contributed by atoms with Gasteiger partial charge in [0.1, 0.15) is 17.5 Å². The molecule has 3 heterocycles. The lowest BCUT2D eigenvalue weighted by Gasteiger charge is -2.30. The molecule has 4 rings (SSSR count). The topological polar surface area (TPSA) is 50.2 Å². The summed E-state index contributed by atoms with van der Waals surface area (Å²) >= 11 is 0. The van der Waals surface area contributed by atoms with Gasteiger partial charge in [-0.1, -0.05) is 0 Å². The molecule has 0 bridgehead atoms. The molecule has 0 aliphatic carbocycles. The molecule has 1 aromatic carbocycles. The van der Waals surface area contributed by atoms with Crippen LogP contribution in [0, 0.1) is 17.5 Å². The van der Waals surface area contributed by atoms with Gasteiger partial charge in [-0.05, 0) is 25.3 Å². The Hall–Kier alpha value is -2.51. The molecule has 2 aliphatic heterocycles. The third-order valence-corrected chi connectivity index (χ3v) is 4.85. The molecule has 2 aromatic rings. The van der Waals surface area contributed by atoms with Crippen molar-refractivity contribution in [3.8, 4) is 0 Å². The smallest absolute Gasteiger partial charge is 0.351 e. The van der Waals surface area contributed by atoms with Crippen LogP contribution in [0.2, 0.25) is 0 Å². The van der Waals surface area contributed by atoms with Crippen LogP contribution < -0.4 is 15.9 Å². The molecule has 1 atom stereocenters. The highest BCUT2D eigenvalue weighted by molar-refractivity contribution is 5.53. The number of halogens is 3. The molecule has 0 spiro atoms. The van der Waals surface area contributed by atoms with Crippen molar-refractivity contribution in [2.75, 3.05) is 16.8 Å². The van der Waals surface area contributed by atoms with Gasteiger partial charge in [-0.2, -0.15) is 4.98 Å². The van der Waals surface area contributed by atoms with Crippen molar-refractivity contribution in [2.45, 2.75) is 38.4 Å². The van der Waals surface area contributed by atoms with Gasteiger partial charge in [0.05, 0.1) is 0 Å². The Morgan fingerprint density at radius 2 is 1.92 bits per heavy atom. The minimum absolute atomic E-state index is 0.0304. The van der Waals surface area contributed by atoms with E-state index in [0.29, 0.717) is 24.5 Å². The molecule has 1 saturated heterocycles. The lowest BCUT2D eigenvalue weighted by Crippen LogP contribution is -2.36. The SMILES string of the molecule is O=c1nc(NCc2cc(F)c(F)cc2F)cc2n1C[C@@H]1CCCCN21. The Balaban J connectivity index is 1.58. The summed E-state index contributed by atoms with van der Waals surface area (Å²) in [5, 5.41) is 2.83. The summed E-state index contributed by atoms with van der Waals surface area (Å²) in [5.74, 6) is -2.09. The van der Waals surface area contributed by atoms with Gasteiger partial charge in [0, 0.05) is 43.4 Å². The molecule has 1 N–H and O–H groups in total. The van der Waals surface area contributed by atoms with Crippen LogP contribution in [0.1, 0.15) is 24.8 Å². The van der Waals surface area contributed by atoms with E-state index in [1.54, 1.807) is 10.6 Å². The Bertz CT molecular complexity index is 883. The Morgan fingerprint density at radius 1 is 1.12 bits per heavy atom. The fourth-order valence-corrected chi connectivity index (χ4v) is 3.58. The summed E-state index contributed by atoms with van der Waals surface area (Å²) in [7, 11) is 0. The van der Waals surface area contributed by atoms with E-state index in [1.807, 2.05) is 0 Å². The predicted octanol–water partition coefficient (Wildman–Crippen LogP) is 2.65. The van der Waals surface area contributed by atoms with Gasteiger partial charge in [0.25, 0.3) is 0 Å². The van der Waals surface area contributed by atoms with E-state index in [2.05, 4.69) is 15.2 Å². The van der Waals surface area contributed by atoms with Crippen LogP contribution in [0.25, 0.3) is 0 Å². The summed E-state index contributed by atoms with van der Waals surface area (Å²) < 4.78 is 41.6. The summed E-state index contributed by atoms with van der Waals surface area (Å²) in [6, 6.07) is 3.39. The van der Waals surface area contributed by atoms with E-state index in [4.69, 9.17) is 0 Å². The van der Waals surface area contributed by atoms with E-state index in [1.165, 1.54) is 0 Å². The standard InChI is InChI=1S/C17H17F3N4O/c18-12-6-14(20)13(19)5-10(12)8-21-15-7-16-23-4-2-1-3-11(23)9-24(16)17(25)22-15/h5-7,11H,1-4,8-9H2,(H,21,22,25)/t11-/m0/s1. The van der Waals surface area contributed by atoms with E-state index in [0.717, 1.165) is 37.7 Å². The maximum absolute atomic E-state index is 13.7. The Kier molecular flexibility index (Phi) is 3.89.